The van der Waals surface area contributed by atoms with Gasteiger partial charge >= 0.3 is 0 Å². The number of hydrogen-bond acceptors (Lipinski definition) is 1. The monoisotopic (exact) mass is 307 g/mol. The van der Waals surface area contributed by atoms with Gasteiger partial charge in [0.2, 0.25) is 0 Å². The Hall–Kier alpha value is -1.35. The second-order valence-corrected chi connectivity index (χ2v) is 5.36. The molecular formula is C15H15BrFN. The molecule has 0 fully saturated rings. The van der Waals surface area contributed by atoms with E-state index in [1.165, 1.54) is 11.6 Å². The van der Waals surface area contributed by atoms with Crippen molar-refractivity contribution in [3.63, 3.8) is 0 Å². The van der Waals surface area contributed by atoms with Crippen molar-refractivity contribution in [2.24, 2.45) is 0 Å². The fraction of sp³-hybridized carbons (Fsp3) is 0.200. The maximum absolute atomic E-state index is 13.2. The molecule has 0 heterocycles. The van der Waals surface area contributed by atoms with Crippen LogP contribution in [0.4, 0.5) is 10.1 Å². The van der Waals surface area contributed by atoms with Gasteiger partial charge in [-0.3, -0.25) is 0 Å². The molecule has 18 heavy (non-hydrogen) atoms. The average molecular weight is 308 g/mol. The number of benzene rings is 2. The third-order valence-corrected chi connectivity index (χ3v) is 3.29. The maximum atomic E-state index is 13.2. The van der Waals surface area contributed by atoms with Gasteiger partial charge in [-0.25, -0.2) is 4.39 Å². The summed E-state index contributed by atoms with van der Waals surface area (Å²) in [6, 6.07) is 11.0. The maximum Gasteiger partial charge on any atom is 0.123 e. The van der Waals surface area contributed by atoms with Crippen molar-refractivity contribution in [1.82, 2.24) is 0 Å². The summed E-state index contributed by atoms with van der Waals surface area (Å²) in [6.07, 6.45) is 0. The molecule has 0 saturated carbocycles. The Morgan fingerprint density at radius 3 is 2.61 bits per heavy atom. The molecule has 0 aliphatic carbocycles. The van der Waals surface area contributed by atoms with E-state index in [0.29, 0.717) is 6.54 Å². The van der Waals surface area contributed by atoms with E-state index in [9.17, 15) is 4.39 Å². The molecule has 0 aromatic heterocycles. The van der Waals surface area contributed by atoms with Gasteiger partial charge in [0.05, 0.1) is 0 Å². The first kappa shape index (κ1) is 13.1. The molecule has 0 amide bonds. The minimum Gasteiger partial charge on any atom is -0.381 e. The molecule has 3 heteroatoms. The van der Waals surface area contributed by atoms with Gasteiger partial charge in [0.25, 0.3) is 0 Å². The van der Waals surface area contributed by atoms with Crippen LogP contribution in [0.3, 0.4) is 0 Å². The standard InChI is InChI=1S/C15H15BrFN/c1-10-5-13(16)8-15(6-10)18-9-12-7-14(17)4-3-11(12)2/h3-8,18H,9H2,1-2H3. The van der Waals surface area contributed by atoms with E-state index in [4.69, 9.17) is 0 Å². The Morgan fingerprint density at radius 2 is 1.89 bits per heavy atom. The van der Waals surface area contributed by atoms with Crippen molar-refractivity contribution < 1.29 is 4.39 Å². The minimum atomic E-state index is -0.192. The first-order valence-corrected chi connectivity index (χ1v) is 6.60. The molecule has 0 saturated heterocycles. The second kappa shape index (κ2) is 5.53. The van der Waals surface area contributed by atoms with Gasteiger partial charge in [0, 0.05) is 16.7 Å². The SMILES string of the molecule is Cc1cc(Br)cc(NCc2cc(F)ccc2C)c1. The summed E-state index contributed by atoms with van der Waals surface area (Å²) in [5, 5.41) is 3.31. The lowest BCUT2D eigenvalue weighted by molar-refractivity contribution is 0.625. The van der Waals surface area contributed by atoms with Crippen molar-refractivity contribution in [3.05, 3.63) is 63.4 Å². The predicted molar refractivity (Wildman–Crippen MR) is 77.3 cm³/mol. The number of nitrogens with one attached hydrogen (secondary N) is 1. The van der Waals surface area contributed by atoms with E-state index in [1.807, 2.05) is 19.9 Å². The number of anilines is 1. The van der Waals surface area contributed by atoms with Gasteiger partial charge in [0.1, 0.15) is 5.82 Å². The molecule has 0 bridgehead atoms. The van der Waals surface area contributed by atoms with E-state index >= 15 is 0 Å². The van der Waals surface area contributed by atoms with Crippen LogP contribution in [-0.4, -0.2) is 0 Å². The number of hydrogen-bond donors (Lipinski definition) is 1. The second-order valence-electron chi connectivity index (χ2n) is 4.44. The van der Waals surface area contributed by atoms with E-state index in [2.05, 4.69) is 33.4 Å². The van der Waals surface area contributed by atoms with Crippen LogP contribution in [0.15, 0.2) is 40.9 Å². The van der Waals surface area contributed by atoms with Gasteiger partial charge in [0.15, 0.2) is 0 Å². The zero-order valence-corrected chi connectivity index (χ0v) is 12.0. The summed E-state index contributed by atoms with van der Waals surface area (Å²) in [5.41, 5.74) is 4.29. The number of halogens is 2. The summed E-state index contributed by atoms with van der Waals surface area (Å²) in [6.45, 7) is 4.66. The van der Waals surface area contributed by atoms with Gasteiger partial charge in [-0.2, -0.15) is 0 Å². The van der Waals surface area contributed by atoms with Crippen molar-refractivity contribution in [3.8, 4) is 0 Å². The normalized spacial score (nSPS) is 10.4. The molecular weight excluding hydrogens is 293 g/mol. The smallest absolute Gasteiger partial charge is 0.123 e. The van der Waals surface area contributed by atoms with Crippen LogP contribution in [0, 0.1) is 19.7 Å². The molecule has 0 unspecified atom stereocenters. The van der Waals surface area contributed by atoms with Crippen LogP contribution < -0.4 is 5.32 Å². The summed E-state index contributed by atoms with van der Waals surface area (Å²) in [7, 11) is 0. The Balaban J connectivity index is 2.13. The summed E-state index contributed by atoms with van der Waals surface area (Å²) in [4.78, 5) is 0. The van der Waals surface area contributed by atoms with E-state index in [0.717, 1.165) is 21.3 Å². The molecule has 0 aliphatic heterocycles. The summed E-state index contributed by atoms with van der Waals surface area (Å²) in [5.74, 6) is -0.192. The van der Waals surface area contributed by atoms with Gasteiger partial charge in [-0.1, -0.05) is 22.0 Å². The van der Waals surface area contributed by atoms with Crippen molar-refractivity contribution in [1.29, 1.82) is 0 Å². The Kier molecular flexibility index (Phi) is 4.02. The molecule has 2 rings (SSSR count). The third kappa shape index (κ3) is 3.33. The number of aryl methyl sites for hydroxylation is 2. The van der Waals surface area contributed by atoms with E-state index in [-0.39, 0.29) is 5.82 Å². The Labute approximate surface area is 115 Å². The fourth-order valence-electron chi connectivity index (χ4n) is 1.87. The highest BCUT2D eigenvalue weighted by Crippen LogP contribution is 2.20. The molecule has 0 atom stereocenters. The zero-order valence-electron chi connectivity index (χ0n) is 10.4. The first-order chi connectivity index (χ1) is 8.54. The molecule has 1 nitrogen and oxygen atoms in total. The fourth-order valence-corrected chi connectivity index (χ4v) is 2.47. The zero-order chi connectivity index (χ0) is 13.1. The first-order valence-electron chi connectivity index (χ1n) is 5.81. The highest BCUT2D eigenvalue weighted by atomic mass is 79.9. The van der Waals surface area contributed by atoms with E-state index < -0.39 is 0 Å². The highest BCUT2D eigenvalue weighted by molar-refractivity contribution is 9.10. The van der Waals surface area contributed by atoms with Crippen LogP contribution in [0.2, 0.25) is 0 Å². The Bertz CT molecular complexity index is 546. The van der Waals surface area contributed by atoms with Crippen molar-refractivity contribution in [2.75, 3.05) is 5.32 Å². The van der Waals surface area contributed by atoms with Crippen LogP contribution in [0.5, 0.6) is 0 Å². The van der Waals surface area contributed by atoms with Crippen LogP contribution in [0.1, 0.15) is 16.7 Å². The lowest BCUT2D eigenvalue weighted by Crippen LogP contribution is -2.02. The minimum absolute atomic E-state index is 0.192. The lowest BCUT2D eigenvalue weighted by Gasteiger charge is -2.10. The van der Waals surface area contributed by atoms with Crippen LogP contribution in [0.25, 0.3) is 0 Å². The highest BCUT2D eigenvalue weighted by Gasteiger charge is 2.01. The van der Waals surface area contributed by atoms with E-state index in [1.54, 1.807) is 12.1 Å². The van der Waals surface area contributed by atoms with Gasteiger partial charge < -0.3 is 5.32 Å². The third-order valence-electron chi connectivity index (χ3n) is 2.84. The van der Waals surface area contributed by atoms with Crippen LogP contribution in [-0.2, 0) is 6.54 Å². The van der Waals surface area contributed by atoms with Crippen molar-refractivity contribution in [2.45, 2.75) is 20.4 Å². The van der Waals surface area contributed by atoms with Crippen LogP contribution >= 0.6 is 15.9 Å². The molecule has 1 N–H and O–H groups in total. The summed E-state index contributed by atoms with van der Waals surface area (Å²) >= 11 is 3.47. The topological polar surface area (TPSA) is 12.0 Å². The molecule has 2 aromatic carbocycles. The van der Waals surface area contributed by atoms with Gasteiger partial charge in [-0.05, 0) is 60.9 Å². The molecule has 0 spiro atoms. The predicted octanol–water partition coefficient (Wildman–Crippen LogP) is 4.82. The average Bonchev–Trinajstić information content (AvgIpc) is 2.29. The Morgan fingerprint density at radius 1 is 1.11 bits per heavy atom. The quantitative estimate of drug-likeness (QED) is 0.857. The molecule has 0 radical (unpaired) electrons. The molecule has 0 aliphatic rings. The molecule has 2 aromatic rings. The molecule has 94 valence electrons. The van der Waals surface area contributed by atoms with Crippen molar-refractivity contribution >= 4 is 21.6 Å². The summed E-state index contributed by atoms with van der Waals surface area (Å²) < 4.78 is 14.2. The largest absolute Gasteiger partial charge is 0.381 e. The van der Waals surface area contributed by atoms with Gasteiger partial charge in [-0.15, -0.1) is 0 Å². The lowest BCUT2D eigenvalue weighted by atomic mass is 10.1. The number of rotatable bonds is 3.